The monoisotopic (exact) mass is 288 g/mol. The van der Waals surface area contributed by atoms with Crippen molar-refractivity contribution in [3.8, 4) is 0 Å². The largest absolute Gasteiger partial charge is 0.481 e. The van der Waals surface area contributed by atoms with Gasteiger partial charge in [0.05, 0.1) is 5.92 Å². The van der Waals surface area contributed by atoms with Gasteiger partial charge in [0.2, 0.25) is 0 Å². The van der Waals surface area contributed by atoms with Gasteiger partial charge in [-0.15, -0.1) is 0 Å². The number of hydrogen-bond donors (Lipinski definition) is 1. The molecule has 1 saturated carbocycles. The van der Waals surface area contributed by atoms with E-state index in [2.05, 4.69) is 45.9 Å². The minimum Gasteiger partial charge on any atom is -0.481 e. The fourth-order valence-electron chi connectivity index (χ4n) is 3.71. The van der Waals surface area contributed by atoms with Crippen LogP contribution in [0.3, 0.4) is 0 Å². The van der Waals surface area contributed by atoms with E-state index in [0.29, 0.717) is 17.8 Å². The highest BCUT2D eigenvalue weighted by Gasteiger charge is 2.29. The Kier molecular flexibility index (Phi) is 5.08. The van der Waals surface area contributed by atoms with Crippen LogP contribution in [0.2, 0.25) is 0 Å². The van der Waals surface area contributed by atoms with Gasteiger partial charge >= 0.3 is 5.97 Å². The van der Waals surface area contributed by atoms with Crippen LogP contribution in [0.4, 0.5) is 0 Å². The second kappa shape index (κ2) is 6.64. The molecule has 1 fully saturated rings. The molecule has 116 valence electrons. The molecule has 0 amide bonds. The number of aliphatic carboxylic acids is 1. The van der Waals surface area contributed by atoms with E-state index >= 15 is 0 Å². The van der Waals surface area contributed by atoms with Crippen molar-refractivity contribution >= 4 is 5.97 Å². The van der Waals surface area contributed by atoms with Crippen LogP contribution in [-0.2, 0) is 4.79 Å². The first-order chi connectivity index (χ1) is 9.91. The predicted octanol–water partition coefficient (Wildman–Crippen LogP) is 5.29. The second-order valence-corrected chi connectivity index (χ2v) is 7.05. The summed E-state index contributed by atoms with van der Waals surface area (Å²) in [4.78, 5) is 11.1. The molecule has 21 heavy (non-hydrogen) atoms. The maximum absolute atomic E-state index is 11.1. The van der Waals surface area contributed by atoms with Crippen LogP contribution in [0, 0.1) is 5.92 Å². The van der Waals surface area contributed by atoms with Gasteiger partial charge in [-0.1, -0.05) is 45.9 Å². The predicted molar refractivity (Wildman–Crippen MR) is 87.0 cm³/mol. The van der Waals surface area contributed by atoms with Gasteiger partial charge in [0, 0.05) is 0 Å². The van der Waals surface area contributed by atoms with Crippen molar-refractivity contribution in [3.63, 3.8) is 0 Å². The van der Waals surface area contributed by atoms with E-state index in [1.54, 1.807) is 0 Å². The summed E-state index contributed by atoms with van der Waals surface area (Å²) in [5.74, 6) is 0.841. The average molecular weight is 288 g/mol. The van der Waals surface area contributed by atoms with Gasteiger partial charge in [0.15, 0.2) is 0 Å². The van der Waals surface area contributed by atoms with Crippen LogP contribution in [0.25, 0.3) is 0 Å². The number of carbonyl (C=O) groups is 1. The minimum absolute atomic E-state index is 0.130. The zero-order valence-electron chi connectivity index (χ0n) is 13.7. The molecule has 0 atom stereocenters. The topological polar surface area (TPSA) is 37.3 Å². The fraction of sp³-hybridized carbons (Fsp3) is 0.632. The lowest BCUT2D eigenvalue weighted by atomic mass is 9.73. The van der Waals surface area contributed by atoms with Gasteiger partial charge in [-0.25, -0.2) is 0 Å². The highest BCUT2D eigenvalue weighted by atomic mass is 16.4. The van der Waals surface area contributed by atoms with Crippen LogP contribution >= 0.6 is 0 Å². The lowest BCUT2D eigenvalue weighted by Gasteiger charge is -2.31. The molecule has 0 aromatic heterocycles. The summed E-state index contributed by atoms with van der Waals surface area (Å²) >= 11 is 0. The molecule has 0 saturated heterocycles. The molecular weight excluding hydrogens is 260 g/mol. The summed E-state index contributed by atoms with van der Waals surface area (Å²) < 4.78 is 0. The van der Waals surface area contributed by atoms with E-state index < -0.39 is 5.97 Å². The molecule has 2 nitrogen and oxygen atoms in total. The first-order valence-corrected chi connectivity index (χ1v) is 8.27. The standard InChI is InChI=1S/C19H28O2/c1-12(2)16-6-5-7-17(13(3)4)18(16)14-8-10-15(11-9-14)19(20)21/h5-7,12-15H,8-11H2,1-4H3,(H,20,21). The first-order valence-electron chi connectivity index (χ1n) is 8.27. The molecule has 0 heterocycles. The molecule has 1 aliphatic rings. The normalized spacial score (nSPS) is 22.8. The number of hydrogen-bond acceptors (Lipinski definition) is 1. The molecule has 0 aliphatic heterocycles. The van der Waals surface area contributed by atoms with Crippen LogP contribution in [0.15, 0.2) is 18.2 Å². The Morgan fingerprint density at radius 2 is 1.48 bits per heavy atom. The summed E-state index contributed by atoms with van der Waals surface area (Å²) in [5.41, 5.74) is 4.44. The van der Waals surface area contributed by atoms with Gasteiger partial charge in [-0.2, -0.15) is 0 Å². The molecule has 0 bridgehead atoms. The van der Waals surface area contributed by atoms with Crippen molar-refractivity contribution in [2.45, 2.75) is 71.1 Å². The average Bonchev–Trinajstić information content (AvgIpc) is 2.46. The van der Waals surface area contributed by atoms with Crippen molar-refractivity contribution in [2.75, 3.05) is 0 Å². The molecule has 0 unspecified atom stereocenters. The van der Waals surface area contributed by atoms with E-state index in [1.807, 2.05) is 0 Å². The summed E-state index contributed by atoms with van der Waals surface area (Å²) in [6.45, 7) is 9.02. The van der Waals surface area contributed by atoms with E-state index in [1.165, 1.54) is 16.7 Å². The lowest BCUT2D eigenvalue weighted by Crippen LogP contribution is -2.22. The van der Waals surface area contributed by atoms with E-state index in [4.69, 9.17) is 0 Å². The molecule has 1 aromatic rings. The highest BCUT2D eigenvalue weighted by molar-refractivity contribution is 5.70. The van der Waals surface area contributed by atoms with E-state index in [-0.39, 0.29) is 5.92 Å². The smallest absolute Gasteiger partial charge is 0.306 e. The van der Waals surface area contributed by atoms with E-state index in [0.717, 1.165) is 25.7 Å². The third-order valence-corrected chi connectivity index (χ3v) is 4.90. The molecule has 0 spiro atoms. The van der Waals surface area contributed by atoms with Gasteiger partial charge < -0.3 is 5.11 Å². The molecule has 1 aliphatic carbocycles. The van der Waals surface area contributed by atoms with Crippen LogP contribution in [0.1, 0.15) is 87.8 Å². The maximum Gasteiger partial charge on any atom is 0.306 e. The Labute approximate surface area is 128 Å². The molecular formula is C19H28O2. The maximum atomic E-state index is 11.1. The van der Waals surface area contributed by atoms with Gasteiger partial charge in [0.1, 0.15) is 0 Å². The lowest BCUT2D eigenvalue weighted by molar-refractivity contribution is -0.142. The Morgan fingerprint density at radius 1 is 1.00 bits per heavy atom. The highest BCUT2D eigenvalue weighted by Crippen LogP contribution is 2.42. The Balaban J connectivity index is 2.32. The Bertz CT molecular complexity index is 468. The second-order valence-electron chi connectivity index (χ2n) is 7.05. The minimum atomic E-state index is -0.616. The quantitative estimate of drug-likeness (QED) is 0.817. The van der Waals surface area contributed by atoms with Gasteiger partial charge in [0.25, 0.3) is 0 Å². The third kappa shape index (κ3) is 3.48. The first kappa shape index (κ1) is 16.1. The Morgan fingerprint density at radius 3 is 1.86 bits per heavy atom. The van der Waals surface area contributed by atoms with Crippen molar-refractivity contribution in [1.29, 1.82) is 0 Å². The number of benzene rings is 1. The molecule has 0 radical (unpaired) electrons. The summed E-state index contributed by atoms with van der Waals surface area (Å²) in [5, 5.41) is 9.18. The summed E-state index contributed by atoms with van der Waals surface area (Å²) in [6.07, 6.45) is 3.68. The SMILES string of the molecule is CC(C)c1cccc(C(C)C)c1C1CCC(C(=O)O)CC1. The van der Waals surface area contributed by atoms with Crippen molar-refractivity contribution in [3.05, 3.63) is 34.9 Å². The summed E-state index contributed by atoms with van der Waals surface area (Å²) in [7, 11) is 0. The molecule has 1 N–H and O–H groups in total. The number of carboxylic acids is 1. The van der Waals surface area contributed by atoms with Crippen LogP contribution < -0.4 is 0 Å². The zero-order chi connectivity index (χ0) is 15.6. The van der Waals surface area contributed by atoms with Crippen molar-refractivity contribution in [1.82, 2.24) is 0 Å². The van der Waals surface area contributed by atoms with E-state index in [9.17, 15) is 9.90 Å². The molecule has 2 heteroatoms. The summed E-state index contributed by atoms with van der Waals surface area (Å²) in [6, 6.07) is 6.70. The van der Waals surface area contributed by atoms with Gasteiger partial charge in [-0.05, 0) is 60.1 Å². The third-order valence-electron chi connectivity index (χ3n) is 4.90. The Hall–Kier alpha value is -1.31. The van der Waals surface area contributed by atoms with Gasteiger partial charge in [-0.3, -0.25) is 4.79 Å². The van der Waals surface area contributed by atoms with Crippen molar-refractivity contribution < 1.29 is 9.90 Å². The van der Waals surface area contributed by atoms with Crippen LogP contribution in [-0.4, -0.2) is 11.1 Å². The number of rotatable bonds is 4. The van der Waals surface area contributed by atoms with Crippen LogP contribution in [0.5, 0.6) is 0 Å². The fourth-order valence-corrected chi connectivity index (χ4v) is 3.71. The zero-order valence-corrected chi connectivity index (χ0v) is 13.7. The number of carboxylic acid groups (broad SMARTS) is 1. The molecule has 1 aromatic carbocycles. The van der Waals surface area contributed by atoms with Crippen molar-refractivity contribution in [2.24, 2.45) is 5.92 Å². The molecule has 2 rings (SSSR count).